The molecule has 0 bridgehead atoms. The zero-order valence-electron chi connectivity index (χ0n) is 18.5. The number of amides is 5. The minimum atomic E-state index is -0.471. The van der Waals surface area contributed by atoms with Gasteiger partial charge in [-0.3, -0.25) is 33.8 Å². The highest BCUT2D eigenvalue weighted by Crippen LogP contribution is 2.38. The van der Waals surface area contributed by atoms with Crippen LogP contribution in [0.3, 0.4) is 0 Å². The normalized spacial score (nSPS) is 21.6. The molecule has 5 amide bonds. The van der Waals surface area contributed by atoms with E-state index in [1.54, 1.807) is 48.5 Å². The number of carbonyl (C=O) groups is 5. The van der Waals surface area contributed by atoms with Crippen LogP contribution in [0.2, 0.25) is 0 Å². The van der Waals surface area contributed by atoms with Crippen LogP contribution < -0.4 is 15.5 Å². The lowest BCUT2D eigenvalue weighted by Crippen LogP contribution is -2.42. The van der Waals surface area contributed by atoms with Crippen LogP contribution in [0.1, 0.15) is 36.0 Å². The van der Waals surface area contributed by atoms with Gasteiger partial charge in [0.25, 0.3) is 5.91 Å². The second-order valence-electron chi connectivity index (χ2n) is 8.84. The summed E-state index contributed by atoms with van der Waals surface area (Å²) in [4.78, 5) is 65.2. The Balaban J connectivity index is 1.24. The first kappa shape index (κ1) is 21.8. The molecule has 1 aliphatic carbocycles. The molecule has 9 nitrogen and oxygen atoms in total. The van der Waals surface area contributed by atoms with Gasteiger partial charge in [0.05, 0.1) is 23.2 Å². The second-order valence-corrected chi connectivity index (χ2v) is 8.84. The van der Waals surface area contributed by atoms with Crippen molar-refractivity contribution >= 4 is 46.6 Å². The van der Waals surface area contributed by atoms with Gasteiger partial charge < -0.3 is 10.6 Å². The van der Waals surface area contributed by atoms with Crippen molar-refractivity contribution in [2.45, 2.75) is 25.7 Å². The predicted octanol–water partition coefficient (Wildman–Crippen LogP) is 2.40. The number of hydrogen-bond donors (Lipinski definition) is 2. The molecule has 2 aromatic rings. The number of benzene rings is 2. The molecule has 0 spiro atoms. The molecule has 2 heterocycles. The van der Waals surface area contributed by atoms with Crippen LogP contribution in [0.4, 0.5) is 17.1 Å². The highest BCUT2D eigenvalue weighted by Gasteiger charge is 2.48. The number of imide groups is 1. The summed E-state index contributed by atoms with van der Waals surface area (Å²) >= 11 is 0. The topological polar surface area (TPSA) is 116 Å². The smallest absolute Gasteiger partial charge is 0.258 e. The molecular formula is C25H24N4O5. The molecule has 1 saturated heterocycles. The van der Waals surface area contributed by atoms with Crippen molar-refractivity contribution < 1.29 is 24.0 Å². The van der Waals surface area contributed by atoms with Crippen LogP contribution in [-0.2, 0) is 19.2 Å². The summed E-state index contributed by atoms with van der Waals surface area (Å²) in [5.74, 6) is -2.17. The van der Waals surface area contributed by atoms with Crippen molar-refractivity contribution in [2.24, 2.45) is 11.8 Å². The van der Waals surface area contributed by atoms with Gasteiger partial charge in [-0.1, -0.05) is 25.0 Å². The highest BCUT2D eigenvalue weighted by atomic mass is 16.2. The Bertz CT molecular complexity index is 1170. The number of carbonyl (C=O) groups excluding carboxylic acids is 5. The number of hydrogen-bond acceptors (Lipinski definition) is 5. The average Bonchev–Trinajstić information content (AvgIpc) is 3.08. The van der Waals surface area contributed by atoms with Crippen LogP contribution in [0.5, 0.6) is 0 Å². The average molecular weight is 460 g/mol. The van der Waals surface area contributed by atoms with Crippen LogP contribution >= 0.6 is 0 Å². The predicted molar refractivity (Wildman–Crippen MR) is 124 cm³/mol. The van der Waals surface area contributed by atoms with Crippen molar-refractivity contribution in [1.29, 1.82) is 0 Å². The number of fused-ring (bicyclic) bond motifs is 2. The summed E-state index contributed by atoms with van der Waals surface area (Å²) in [6.45, 7) is -0.404. The molecule has 9 heteroatoms. The lowest BCUT2D eigenvalue weighted by Gasteiger charge is -2.29. The monoisotopic (exact) mass is 460 g/mol. The van der Waals surface area contributed by atoms with E-state index in [1.165, 1.54) is 4.90 Å². The van der Waals surface area contributed by atoms with Gasteiger partial charge in [-0.05, 0) is 49.2 Å². The van der Waals surface area contributed by atoms with Gasteiger partial charge >= 0.3 is 0 Å². The molecule has 1 saturated carbocycles. The molecule has 2 aromatic carbocycles. The Hall–Kier alpha value is -4.01. The van der Waals surface area contributed by atoms with Gasteiger partial charge in [0, 0.05) is 11.3 Å². The Kier molecular flexibility index (Phi) is 5.61. The van der Waals surface area contributed by atoms with Gasteiger partial charge in [0.1, 0.15) is 13.1 Å². The van der Waals surface area contributed by atoms with Gasteiger partial charge in [0.15, 0.2) is 0 Å². The van der Waals surface area contributed by atoms with Gasteiger partial charge in [-0.15, -0.1) is 0 Å². The molecule has 2 aliphatic heterocycles. The van der Waals surface area contributed by atoms with Crippen LogP contribution in [-0.4, -0.2) is 47.5 Å². The maximum atomic E-state index is 13.0. The van der Waals surface area contributed by atoms with E-state index in [9.17, 15) is 24.0 Å². The molecule has 174 valence electrons. The van der Waals surface area contributed by atoms with Gasteiger partial charge in [-0.2, -0.15) is 0 Å². The molecule has 3 aliphatic rings. The quantitative estimate of drug-likeness (QED) is 0.680. The third-order valence-electron chi connectivity index (χ3n) is 6.67. The van der Waals surface area contributed by atoms with Crippen LogP contribution in [0, 0.1) is 11.8 Å². The van der Waals surface area contributed by atoms with E-state index < -0.39 is 5.91 Å². The number of anilines is 3. The van der Waals surface area contributed by atoms with E-state index >= 15 is 0 Å². The van der Waals surface area contributed by atoms with E-state index in [-0.39, 0.29) is 48.6 Å². The Labute approximate surface area is 196 Å². The molecule has 2 fully saturated rings. The molecule has 2 unspecified atom stereocenters. The Morgan fingerprint density at radius 1 is 0.912 bits per heavy atom. The number of nitrogens with zero attached hydrogens (tertiary/aromatic N) is 2. The summed E-state index contributed by atoms with van der Waals surface area (Å²) < 4.78 is 0. The highest BCUT2D eigenvalue weighted by molar-refractivity contribution is 6.15. The fourth-order valence-corrected chi connectivity index (χ4v) is 5.00. The molecule has 0 aromatic heterocycles. The molecule has 34 heavy (non-hydrogen) atoms. The van der Waals surface area contributed by atoms with E-state index in [4.69, 9.17) is 0 Å². The van der Waals surface area contributed by atoms with Crippen molar-refractivity contribution in [3.8, 4) is 0 Å². The number of rotatable bonds is 4. The fourth-order valence-electron chi connectivity index (χ4n) is 5.00. The Morgan fingerprint density at radius 3 is 2.24 bits per heavy atom. The third-order valence-corrected chi connectivity index (χ3v) is 6.67. The zero-order chi connectivity index (χ0) is 23.8. The second kappa shape index (κ2) is 8.74. The largest absolute Gasteiger partial charge is 0.325 e. The lowest BCUT2D eigenvalue weighted by atomic mass is 9.81. The first-order valence-electron chi connectivity index (χ1n) is 11.4. The first-order valence-corrected chi connectivity index (χ1v) is 11.4. The minimum absolute atomic E-state index is 0.0891. The SMILES string of the molecule is O=C(CN1C(=O)C2CCCCC2C1=O)Nc1ccc(C(=O)N2CC(=O)Nc3ccccc32)cc1. The maximum absolute atomic E-state index is 13.0. The number of likely N-dealkylation sites (tertiary alicyclic amines) is 1. The fraction of sp³-hybridized carbons (Fsp3) is 0.320. The lowest BCUT2D eigenvalue weighted by molar-refractivity contribution is -0.142. The van der Waals surface area contributed by atoms with E-state index in [2.05, 4.69) is 10.6 Å². The first-order chi connectivity index (χ1) is 16.4. The van der Waals surface area contributed by atoms with Crippen molar-refractivity contribution in [2.75, 3.05) is 28.6 Å². The molecule has 0 radical (unpaired) electrons. The van der Waals surface area contributed by atoms with Crippen molar-refractivity contribution in [1.82, 2.24) is 4.90 Å². The maximum Gasteiger partial charge on any atom is 0.258 e. The van der Waals surface area contributed by atoms with Crippen LogP contribution in [0.15, 0.2) is 48.5 Å². The summed E-state index contributed by atoms with van der Waals surface area (Å²) in [5, 5.41) is 5.43. The number of para-hydroxylation sites is 2. The molecular weight excluding hydrogens is 436 g/mol. The zero-order valence-corrected chi connectivity index (χ0v) is 18.5. The standard InChI is InChI=1S/C25H24N4O5/c30-21(14-29-24(33)17-5-1-2-6-18(17)25(29)34)26-16-11-9-15(10-12-16)23(32)28-13-22(31)27-19-7-3-4-8-20(19)28/h3-4,7-12,17-18H,1-2,5-6,13-14H2,(H,26,30)(H,27,31). The van der Waals surface area contributed by atoms with Crippen molar-refractivity contribution in [3.63, 3.8) is 0 Å². The third kappa shape index (κ3) is 3.93. The van der Waals surface area contributed by atoms with Gasteiger partial charge in [0.2, 0.25) is 23.6 Å². The summed E-state index contributed by atoms with van der Waals surface area (Å²) in [6, 6.07) is 13.3. The van der Waals surface area contributed by atoms with Gasteiger partial charge in [-0.25, -0.2) is 0 Å². The van der Waals surface area contributed by atoms with Crippen LogP contribution in [0.25, 0.3) is 0 Å². The summed E-state index contributed by atoms with van der Waals surface area (Å²) in [5.41, 5.74) is 1.98. The van der Waals surface area contributed by atoms with E-state index in [0.29, 0.717) is 35.5 Å². The molecule has 2 N–H and O–H groups in total. The Morgan fingerprint density at radius 2 is 1.56 bits per heavy atom. The number of nitrogens with one attached hydrogen (secondary N) is 2. The minimum Gasteiger partial charge on any atom is -0.325 e. The summed E-state index contributed by atoms with van der Waals surface area (Å²) in [6.07, 6.45) is 3.26. The summed E-state index contributed by atoms with van der Waals surface area (Å²) in [7, 11) is 0. The molecule has 5 rings (SSSR count). The molecule has 2 atom stereocenters. The van der Waals surface area contributed by atoms with Crippen molar-refractivity contribution in [3.05, 3.63) is 54.1 Å². The van der Waals surface area contributed by atoms with E-state index in [1.807, 2.05) is 0 Å². The van der Waals surface area contributed by atoms with E-state index in [0.717, 1.165) is 17.7 Å².